The molecule has 0 aromatic heterocycles. The zero-order chi connectivity index (χ0) is 12.9. The number of nitrogens with one attached hydrogen (secondary N) is 1. The number of piperidine rings is 1. The van der Waals surface area contributed by atoms with Crippen LogP contribution in [0.4, 0.5) is 0 Å². The minimum absolute atomic E-state index is 0.828. The summed E-state index contributed by atoms with van der Waals surface area (Å²) in [5.41, 5.74) is 1.45. The SMILES string of the molecule is c1ccc(CN2CCC(N3CCNCC3)CC2)cc1. The first-order valence-electron chi connectivity index (χ1n) is 7.63. The van der Waals surface area contributed by atoms with Gasteiger partial charge in [-0.1, -0.05) is 30.3 Å². The lowest BCUT2D eigenvalue weighted by Gasteiger charge is -2.40. The molecule has 2 saturated heterocycles. The highest BCUT2D eigenvalue weighted by Gasteiger charge is 2.25. The molecule has 2 aliphatic rings. The molecule has 0 saturated carbocycles. The van der Waals surface area contributed by atoms with Crippen molar-refractivity contribution in [1.82, 2.24) is 15.1 Å². The Bertz CT molecular complexity index is 365. The summed E-state index contributed by atoms with van der Waals surface area (Å²) < 4.78 is 0. The fraction of sp³-hybridized carbons (Fsp3) is 0.625. The predicted octanol–water partition coefficient (Wildman–Crippen LogP) is 1.56. The molecule has 2 fully saturated rings. The molecule has 0 unspecified atom stereocenters. The van der Waals surface area contributed by atoms with Gasteiger partial charge in [0, 0.05) is 38.8 Å². The number of benzene rings is 1. The summed E-state index contributed by atoms with van der Waals surface area (Å²) in [6.45, 7) is 8.45. The van der Waals surface area contributed by atoms with E-state index >= 15 is 0 Å². The maximum Gasteiger partial charge on any atom is 0.0233 e. The van der Waals surface area contributed by atoms with E-state index in [1.807, 2.05) is 0 Å². The Labute approximate surface area is 116 Å². The minimum Gasteiger partial charge on any atom is -0.314 e. The third-order valence-corrected chi connectivity index (χ3v) is 4.47. The number of hydrogen-bond donors (Lipinski definition) is 1. The van der Waals surface area contributed by atoms with E-state index in [1.54, 1.807) is 0 Å². The third-order valence-electron chi connectivity index (χ3n) is 4.47. The van der Waals surface area contributed by atoms with E-state index in [1.165, 1.54) is 57.7 Å². The molecule has 2 aliphatic heterocycles. The number of piperazine rings is 1. The second-order valence-electron chi connectivity index (χ2n) is 5.78. The van der Waals surface area contributed by atoms with Crippen LogP contribution in [0, 0.1) is 0 Å². The minimum atomic E-state index is 0.828. The zero-order valence-corrected chi connectivity index (χ0v) is 11.7. The van der Waals surface area contributed by atoms with E-state index in [4.69, 9.17) is 0 Å². The molecule has 1 N–H and O–H groups in total. The van der Waals surface area contributed by atoms with Gasteiger partial charge in [0.2, 0.25) is 0 Å². The zero-order valence-electron chi connectivity index (χ0n) is 11.7. The highest BCUT2D eigenvalue weighted by molar-refractivity contribution is 5.14. The molecule has 2 heterocycles. The van der Waals surface area contributed by atoms with Gasteiger partial charge in [0.25, 0.3) is 0 Å². The first-order chi connectivity index (χ1) is 9.42. The molecule has 0 spiro atoms. The van der Waals surface area contributed by atoms with E-state index in [0.29, 0.717) is 0 Å². The van der Waals surface area contributed by atoms with E-state index in [0.717, 1.165) is 12.6 Å². The van der Waals surface area contributed by atoms with Crippen LogP contribution < -0.4 is 5.32 Å². The Hall–Kier alpha value is -0.900. The molecule has 0 amide bonds. The Kier molecular flexibility index (Phi) is 4.49. The van der Waals surface area contributed by atoms with Gasteiger partial charge in [-0.05, 0) is 31.5 Å². The molecule has 1 aromatic carbocycles. The molecule has 0 aliphatic carbocycles. The first kappa shape index (κ1) is 13.1. The van der Waals surface area contributed by atoms with Gasteiger partial charge in [0.05, 0.1) is 0 Å². The van der Waals surface area contributed by atoms with Crippen molar-refractivity contribution in [3.8, 4) is 0 Å². The van der Waals surface area contributed by atoms with Gasteiger partial charge in [-0.2, -0.15) is 0 Å². The second-order valence-corrected chi connectivity index (χ2v) is 5.78. The van der Waals surface area contributed by atoms with Gasteiger partial charge in [-0.25, -0.2) is 0 Å². The number of likely N-dealkylation sites (tertiary alicyclic amines) is 1. The largest absolute Gasteiger partial charge is 0.314 e. The monoisotopic (exact) mass is 259 g/mol. The molecule has 3 nitrogen and oxygen atoms in total. The summed E-state index contributed by atoms with van der Waals surface area (Å²) in [7, 11) is 0. The van der Waals surface area contributed by atoms with Crippen LogP contribution in [0.15, 0.2) is 30.3 Å². The predicted molar refractivity (Wildman–Crippen MR) is 79.2 cm³/mol. The fourth-order valence-corrected chi connectivity index (χ4v) is 3.33. The lowest BCUT2D eigenvalue weighted by molar-refractivity contribution is 0.0948. The van der Waals surface area contributed by atoms with Crippen LogP contribution in [-0.4, -0.2) is 55.1 Å². The van der Waals surface area contributed by atoms with Crippen molar-refractivity contribution in [3.05, 3.63) is 35.9 Å². The average molecular weight is 259 g/mol. The van der Waals surface area contributed by atoms with Crippen LogP contribution in [0.5, 0.6) is 0 Å². The Morgan fingerprint density at radius 1 is 0.947 bits per heavy atom. The quantitative estimate of drug-likeness (QED) is 0.888. The van der Waals surface area contributed by atoms with Crippen LogP contribution in [-0.2, 0) is 6.54 Å². The van der Waals surface area contributed by atoms with Crippen molar-refractivity contribution in [2.45, 2.75) is 25.4 Å². The number of hydrogen-bond acceptors (Lipinski definition) is 3. The van der Waals surface area contributed by atoms with Crippen molar-refractivity contribution in [2.75, 3.05) is 39.3 Å². The van der Waals surface area contributed by atoms with Gasteiger partial charge >= 0.3 is 0 Å². The normalized spacial score (nSPS) is 23.6. The topological polar surface area (TPSA) is 18.5 Å². The maximum absolute atomic E-state index is 3.44. The van der Waals surface area contributed by atoms with E-state index in [2.05, 4.69) is 45.4 Å². The lowest BCUT2D eigenvalue weighted by atomic mass is 10.0. The molecule has 3 heteroatoms. The molecule has 0 bridgehead atoms. The first-order valence-corrected chi connectivity index (χ1v) is 7.63. The van der Waals surface area contributed by atoms with Gasteiger partial charge in [0.15, 0.2) is 0 Å². The lowest BCUT2D eigenvalue weighted by Crippen LogP contribution is -2.51. The van der Waals surface area contributed by atoms with Crippen LogP contribution in [0.2, 0.25) is 0 Å². The molecule has 0 radical (unpaired) electrons. The van der Waals surface area contributed by atoms with Crippen LogP contribution in [0.3, 0.4) is 0 Å². The molecule has 19 heavy (non-hydrogen) atoms. The number of rotatable bonds is 3. The summed E-state index contributed by atoms with van der Waals surface area (Å²) in [4.78, 5) is 5.30. The average Bonchev–Trinajstić information content (AvgIpc) is 2.50. The molecule has 104 valence electrons. The van der Waals surface area contributed by atoms with Gasteiger partial charge in [-0.15, -0.1) is 0 Å². The molecular weight excluding hydrogens is 234 g/mol. The molecule has 3 rings (SSSR count). The summed E-state index contributed by atoms with van der Waals surface area (Å²) >= 11 is 0. The highest BCUT2D eigenvalue weighted by Crippen LogP contribution is 2.18. The summed E-state index contributed by atoms with van der Waals surface area (Å²) in [5.74, 6) is 0. The van der Waals surface area contributed by atoms with Crippen molar-refractivity contribution < 1.29 is 0 Å². The van der Waals surface area contributed by atoms with Crippen molar-refractivity contribution >= 4 is 0 Å². The molecule has 1 aromatic rings. The second kappa shape index (κ2) is 6.51. The van der Waals surface area contributed by atoms with E-state index < -0.39 is 0 Å². The summed E-state index contributed by atoms with van der Waals surface area (Å²) in [5, 5.41) is 3.44. The Morgan fingerprint density at radius 2 is 1.63 bits per heavy atom. The van der Waals surface area contributed by atoms with E-state index in [9.17, 15) is 0 Å². The van der Waals surface area contributed by atoms with Crippen molar-refractivity contribution in [2.24, 2.45) is 0 Å². The standard InChI is InChI=1S/C16H25N3/c1-2-4-15(5-3-1)14-18-10-6-16(7-11-18)19-12-8-17-9-13-19/h1-5,16-17H,6-14H2. The smallest absolute Gasteiger partial charge is 0.0233 e. The van der Waals surface area contributed by atoms with Crippen LogP contribution in [0.25, 0.3) is 0 Å². The highest BCUT2D eigenvalue weighted by atomic mass is 15.2. The van der Waals surface area contributed by atoms with Crippen molar-refractivity contribution in [3.63, 3.8) is 0 Å². The van der Waals surface area contributed by atoms with Gasteiger partial charge in [-0.3, -0.25) is 9.80 Å². The Morgan fingerprint density at radius 3 is 2.32 bits per heavy atom. The van der Waals surface area contributed by atoms with Gasteiger partial charge in [0.1, 0.15) is 0 Å². The molecule has 0 atom stereocenters. The summed E-state index contributed by atoms with van der Waals surface area (Å²) in [6.07, 6.45) is 2.68. The summed E-state index contributed by atoms with van der Waals surface area (Å²) in [6, 6.07) is 11.7. The van der Waals surface area contributed by atoms with Crippen LogP contribution >= 0.6 is 0 Å². The fourth-order valence-electron chi connectivity index (χ4n) is 3.33. The van der Waals surface area contributed by atoms with E-state index in [-0.39, 0.29) is 0 Å². The molecular formula is C16H25N3. The van der Waals surface area contributed by atoms with Gasteiger partial charge < -0.3 is 5.32 Å². The van der Waals surface area contributed by atoms with Crippen molar-refractivity contribution in [1.29, 1.82) is 0 Å². The maximum atomic E-state index is 3.44. The third kappa shape index (κ3) is 3.56. The Balaban J connectivity index is 1.46. The van der Waals surface area contributed by atoms with Crippen LogP contribution in [0.1, 0.15) is 18.4 Å². The number of nitrogens with zero attached hydrogens (tertiary/aromatic N) is 2.